The van der Waals surface area contributed by atoms with Crippen LogP contribution in [-0.2, 0) is 0 Å². The van der Waals surface area contributed by atoms with E-state index >= 15 is 0 Å². The monoisotopic (exact) mass is 252 g/mol. The largest absolute Gasteiger partial charge is 0.343 e. The standard InChI is InChI=1S/C10H9ClN4O2/c1-6(9-13-5-17-15-9)14-10(16)8-3-2-7(11)4-12-8/h2-6H,1H3,(H,14,16)/t6-/m1/s1. The third kappa shape index (κ3) is 2.79. The second-order valence-corrected chi connectivity index (χ2v) is 3.78. The lowest BCUT2D eigenvalue weighted by Gasteiger charge is -2.09. The van der Waals surface area contributed by atoms with Crippen molar-refractivity contribution in [3.8, 4) is 0 Å². The molecule has 2 aromatic heterocycles. The molecule has 88 valence electrons. The Morgan fingerprint density at radius 1 is 1.47 bits per heavy atom. The minimum Gasteiger partial charge on any atom is -0.343 e. The molecule has 0 aromatic carbocycles. The van der Waals surface area contributed by atoms with Gasteiger partial charge >= 0.3 is 0 Å². The highest BCUT2D eigenvalue weighted by molar-refractivity contribution is 6.30. The van der Waals surface area contributed by atoms with Crippen molar-refractivity contribution in [2.45, 2.75) is 13.0 Å². The predicted octanol–water partition coefficient (Wildman–Crippen LogP) is 1.61. The van der Waals surface area contributed by atoms with E-state index in [0.29, 0.717) is 10.8 Å². The molecule has 0 unspecified atom stereocenters. The zero-order chi connectivity index (χ0) is 12.3. The van der Waals surface area contributed by atoms with Gasteiger partial charge in [-0.2, -0.15) is 4.98 Å². The van der Waals surface area contributed by atoms with E-state index in [-0.39, 0.29) is 17.6 Å². The first-order valence-electron chi connectivity index (χ1n) is 4.85. The fraction of sp³-hybridized carbons (Fsp3) is 0.200. The van der Waals surface area contributed by atoms with E-state index in [1.807, 2.05) is 0 Å². The zero-order valence-corrected chi connectivity index (χ0v) is 9.68. The molecule has 0 aliphatic heterocycles. The topological polar surface area (TPSA) is 80.9 Å². The quantitative estimate of drug-likeness (QED) is 0.898. The summed E-state index contributed by atoms with van der Waals surface area (Å²) >= 11 is 5.68. The second-order valence-electron chi connectivity index (χ2n) is 3.35. The molecule has 0 fully saturated rings. The Hall–Kier alpha value is -1.95. The fourth-order valence-electron chi connectivity index (χ4n) is 1.21. The number of aromatic nitrogens is 3. The Balaban J connectivity index is 2.04. The summed E-state index contributed by atoms with van der Waals surface area (Å²) in [6.07, 6.45) is 2.62. The Kier molecular flexibility index (Phi) is 3.34. The summed E-state index contributed by atoms with van der Waals surface area (Å²) in [7, 11) is 0. The SMILES string of the molecule is C[C@@H](NC(=O)c1ccc(Cl)cn1)c1ncon1. The Labute approximate surface area is 102 Å². The van der Waals surface area contributed by atoms with Crippen LogP contribution in [0.1, 0.15) is 29.3 Å². The van der Waals surface area contributed by atoms with Gasteiger partial charge in [-0.3, -0.25) is 4.79 Å². The fourth-order valence-corrected chi connectivity index (χ4v) is 1.33. The first kappa shape index (κ1) is 11.5. The van der Waals surface area contributed by atoms with Gasteiger partial charge in [0.15, 0.2) is 5.82 Å². The van der Waals surface area contributed by atoms with Gasteiger partial charge in [0.2, 0.25) is 6.39 Å². The first-order valence-corrected chi connectivity index (χ1v) is 5.23. The molecular formula is C10H9ClN4O2. The van der Waals surface area contributed by atoms with Crippen molar-refractivity contribution >= 4 is 17.5 Å². The lowest BCUT2D eigenvalue weighted by molar-refractivity contribution is 0.0933. The number of pyridine rings is 1. The average molecular weight is 253 g/mol. The first-order chi connectivity index (χ1) is 8.16. The molecule has 0 aliphatic carbocycles. The summed E-state index contributed by atoms with van der Waals surface area (Å²) < 4.78 is 4.59. The van der Waals surface area contributed by atoms with Gasteiger partial charge in [-0.25, -0.2) is 4.98 Å². The van der Waals surface area contributed by atoms with Crippen LogP contribution in [-0.4, -0.2) is 21.0 Å². The normalized spacial score (nSPS) is 12.1. The van der Waals surface area contributed by atoms with E-state index in [2.05, 4.69) is 25.0 Å². The molecule has 17 heavy (non-hydrogen) atoms. The molecule has 0 bridgehead atoms. The van der Waals surface area contributed by atoms with Crippen molar-refractivity contribution in [1.82, 2.24) is 20.4 Å². The minimum atomic E-state index is -0.348. The number of carbonyl (C=O) groups excluding carboxylic acids is 1. The minimum absolute atomic E-state index is 0.282. The molecule has 0 aliphatic rings. The van der Waals surface area contributed by atoms with E-state index < -0.39 is 0 Å². The van der Waals surface area contributed by atoms with Crippen molar-refractivity contribution in [3.05, 3.63) is 41.3 Å². The molecule has 2 heterocycles. The molecule has 0 saturated heterocycles. The predicted molar refractivity (Wildman–Crippen MR) is 59.4 cm³/mol. The molecule has 7 heteroatoms. The Bertz CT molecular complexity index is 498. The highest BCUT2D eigenvalue weighted by atomic mass is 35.5. The van der Waals surface area contributed by atoms with Crippen LogP contribution in [0, 0.1) is 0 Å². The van der Waals surface area contributed by atoms with Gasteiger partial charge in [0, 0.05) is 6.20 Å². The van der Waals surface area contributed by atoms with Crippen LogP contribution < -0.4 is 5.32 Å². The summed E-state index contributed by atoms with van der Waals surface area (Å²) in [5.74, 6) is 0.0891. The summed E-state index contributed by atoms with van der Waals surface area (Å²) in [6.45, 7) is 1.75. The molecular weight excluding hydrogens is 244 g/mol. The van der Waals surface area contributed by atoms with Gasteiger partial charge in [-0.15, -0.1) is 0 Å². The van der Waals surface area contributed by atoms with E-state index in [4.69, 9.17) is 11.6 Å². The molecule has 6 nitrogen and oxygen atoms in total. The molecule has 1 atom stereocenters. The second kappa shape index (κ2) is 4.92. The maximum atomic E-state index is 11.8. The van der Waals surface area contributed by atoms with E-state index in [1.54, 1.807) is 19.1 Å². The molecule has 0 spiro atoms. The number of rotatable bonds is 3. The van der Waals surface area contributed by atoms with Crippen molar-refractivity contribution in [3.63, 3.8) is 0 Å². The maximum Gasteiger partial charge on any atom is 0.270 e. The van der Waals surface area contributed by atoms with Gasteiger partial charge in [-0.05, 0) is 19.1 Å². The Morgan fingerprint density at radius 3 is 2.88 bits per heavy atom. The molecule has 0 saturated carbocycles. The van der Waals surface area contributed by atoms with Gasteiger partial charge < -0.3 is 9.84 Å². The summed E-state index contributed by atoms with van der Waals surface area (Å²) in [5.41, 5.74) is 0.282. The summed E-state index contributed by atoms with van der Waals surface area (Å²) in [5, 5.41) is 6.80. The summed E-state index contributed by atoms with van der Waals surface area (Å²) in [6, 6.07) is 2.79. The molecule has 0 radical (unpaired) electrons. The summed E-state index contributed by atoms with van der Waals surface area (Å²) in [4.78, 5) is 19.5. The number of nitrogens with one attached hydrogen (secondary N) is 1. The van der Waals surface area contributed by atoms with Gasteiger partial charge in [-0.1, -0.05) is 16.8 Å². The van der Waals surface area contributed by atoms with Gasteiger partial charge in [0.1, 0.15) is 5.69 Å². The third-order valence-corrected chi connectivity index (χ3v) is 2.30. The van der Waals surface area contributed by atoms with Crippen LogP contribution in [0.5, 0.6) is 0 Å². The number of hydrogen-bond acceptors (Lipinski definition) is 5. The maximum absolute atomic E-state index is 11.8. The zero-order valence-electron chi connectivity index (χ0n) is 8.92. The van der Waals surface area contributed by atoms with Crippen LogP contribution in [0.2, 0.25) is 5.02 Å². The highest BCUT2D eigenvalue weighted by Gasteiger charge is 2.15. The van der Waals surface area contributed by atoms with E-state index in [1.165, 1.54) is 12.6 Å². The molecule has 1 N–H and O–H groups in total. The van der Waals surface area contributed by atoms with Gasteiger partial charge in [0.05, 0.1) is 11.1 Å². The number of nitrogens with zero attached hydrogens (tertiary/aromatic N) is 3. The number of amides is 1. The van der Waals surface area contributed by atoms with Crippen molar-refractivity contribution in [1.29, 1.82) is 0 Å². The van der Waals surface area contributed by atoms with Crippen LogP contribution in [0.15, 0.2) is 29.2 Å². The van der Waals surface area contributed by atoms with E-state index in [0.717, 1.165) is 0 Å². The van der Waals surface area contributed by atoms with Crippen molar-refractivity contribution in [2.75, 3.05) is 0 Å². The number of halogens is 1. The molecule has 2 rings (SSSR count). The number of carbonyl (C=O) groups is 1. The lowest BCUT2D eigenvalue weighted by Crippen LogP contribution is -2.28. The van der Waals surface area contributed by atoms with Crippen LogP contribution in [0.3, 0.4) is 0 Å². The third-order valence-electron chi connectivity index (χ3n) is 2.07. The van der Waals surface area contributed by atoms with Crippen LogP contribution in [0.4, 0.5) is 0 Å². The molecule has 1 amide bonds. The van der Waals surface area contributed by atoms with E-state index in [9.17, 15) is 4.79 Å². The highest BCUT2D eigenvalue weighted by Crippen LogP contribution is 2.09. The lowest BCUT2D eigenvalue weighted by atomic mass is 10.3. The average Bonchev–Trinajstić information content (AvgIpc) is 2.83. The Morgan fingerprint density at radius 2 is 2.29 bits per heavy atom. The number of hydrogen-bond donors (Lipinski definition) is 1. The molecule has 2 aromatic rings. The van der Waals surface area contributed by atoms with Crippen LogP contribution >= 0.6 is 11.6 Å². The van der Waals surface area contributed by atoms with Crippen LogP contribution in [0.25, 0.3) is 0 Å². The smallest absolute Gasteiger partial charge is 0.270 e. The van der Waals surface area contributed by atoms with Gasteiger partial charge in [0.25, 0.3) is 5.91 Å². The van der Waals surface area contributed by atoms with Crippen molar-refractivity contribution in [2.24, 2.45) is 0 Å². The van der Waals surface area contributed by atoms with Crippen molar-refractivity contribution < 1.29 is 9.32 Å².